The predicted octanol–water partition coefficient (Wildman–Crippen LogP) is 4.69. The van der Waals surface area contributed by atoms with Gasteiger partial charge in [-0.2, -0.15) is 0 Å². The minimum absolute atomic E-state index is 0.285. The first-order valence-electron chi connectivity index (χ1n) is 11.5. The van der Waals surface area contributed by atoms with E-state index < -0.39 is 0 Å². The monoisotopic (exact) mass is 443 g/mol. The number of nitrogens with zero attached hydrogens (tertiary/aromatic N) is 3. The van der Waals surface area contributed by atoms with Crippen molar-refractivity contribution in [1.82, 2.24) is 14.8 Å². The van der Waals surface area contributed by atoms with Gasteiger partial charge in [0.1, 0.15) is 11.3 Å². The Hall–Kier alpha value is -3.22. The standard InChI is InChI=1S/C27H29N3O3/c1-18-5-4-6-21(13-18)27-28-24(20(3)32-27)17-30-11-9-29(10-12-30)16-22-15-26(31)33-25-14-19(2)7-8-23(22)25/h4-8,13-15H,9-12,16-17H2,1-3H3. The van der Waals surface area contributed by atoms with E-state index in [0.717, 1.165) is 72.8 Å². The van der Waals surface area contributed by atoms with E-state index in [1.165, 1.54) is 5.56 Å². The zero-order valence-electron chi connectivity index (χ0n) is 19.4. The summed E-state index contributed by atoms with van der Waals surface area (Å²) in [7, 11) is 0. The van der Waals surface area contributed by atoms with Gasteiger partial charge in [0.25, 0.3) is 0 Å². The van der Waals surface area contributed by atoms with Gasteiger partial charge in [0.2, 0.25) is 5.89 Å². The van der Waals surface area contributed by atoms with Gasteiger partial charge in [-0.1, -0.05) is 29.8 Å². The summed E-state index contributed by atoms with van der Waals surface area (Å²) in [5.74, 6) is 1.57. The Balaban J connectivity index is 1.24. The summed E-state index contributed by atoms with van der Waals surface area (Å²) in [6.07, 6.45) is 0. The Labute approximate surface area is 193 Å². The van der Waals surface area contributed by atoms with Crippen molar-refractivity contribution in [2.45, 2.75) is 33.9 Å². The zero-order valence-corrected chi connectivity index (χ0v) is 19.4. The first kappa shape index (κ1) is 21.6. The van der Waals surface area contributed by atoms with Crippen molar-refractivity contribution >= 4 is 11.0 Å². The predicted molar refractivity (Wildman–Crippen MR) is 129 cm³/mol. The molecule has 0 radical (unpaired) electrons. The van der Waals surface area contributed by atoms with Gasteiger partial charge in [0.05, 0.1) is 5.69 Å². The molecule has 0 unspecified atom stereocenters. The van der Waals surface area contributed by atoms with Gasteiger partial charge in [-0.15, -0.1) is 0 Å². The lowest BCUT2D eigenvalue weighted by atomic mass is 10.1. The molecule has 1 aliphatic heterocycles. The van der Waals surface area contributed by atoms with Crippen LogP contribution < -0.4 is 5.63 Å². The lowest BCUT2D eigenvalue weighted by Crippen LogP contribution is -2.45. The van der Waals surface area contributed by atoms with Crippen LogP contribution in [0.25, 0.3) is 22.4 Å². The average Bonchev–Trinajstić information content (AvgIpc) is 3.15. The molecule has 5 rings (SSSR count). The highest BCUT2D eigenvalue weighted by atomic mass is 16.4. The van der Waals surface area contributed by atoms with E-state index in [4.69, 9.17) is 13.8 Å². The number of oxazole rings is 1. The minimum Gasteiger partial charge on any atom is -0.441 e. The number of piperazine rings is 1. The van der Waals surface area contributed by atoms with Gasteiger partial charge in [0, 0.05) is 56.3 Å². The van der Waals surface area contributed by atoms with Gasteiger partial charge >= 0.3 is 5.63 Å². The fraction of sp³-hybridized carbons (Fsp3) is 0.333. The second-order valence-corrected chi connectivity index (χ2v) is 9.03. The SMILES string of the molecule is Cc1cccc(-c2nc(CN3CCN(Cc4cc(=O)oc5cc(C)ccc45)CC3)c(C)o2)c1. The van der Waals surface area contributed by atoms with E-state index in [9.17, 15) is 4.79 Å². The highest BCUT2D eigenvalue weighted by Crippen LogP contribution is 2.24. The van der Waals surface area contributed by atoms with E-state index >= 15 is 0 Å². The van der Waals surface area contributed by atoms with Crippen LogP contribution >= 0.6 is 0 Å². The van der Waals surface area contributed by atoms with Crippen LogP contribution in [0.15, 0.2) is 62.2 Å². The van der Waals surface area contributed by atoms with Crippen molar-refractivity contribution < 1.29 is 8.83 Å². The largest absolute Gasteiger partial charge is 0.441 e. The average molecular weight is 444 g/mol. The van der Waals surface area contributed by atoms with E-state index in [2.05, 4.69) is 41.0 Å². The number of aryl methyl sites for hydroxylation is 3. The highest BCUT2D eigenvalue weighted by molar-refractivity contribution is 5.80. The topological polar surface area (TPSA) is 62.7 Å². The van der Waals surface area contributed by atoms with Crippen LogP contribution in [-0.2, 0) is 13.1 Å². The molecule has 1 aliphatic rings. The summed E-state index contributed by atoms with van der Waals surface area (Å²) in [6, 6.07) is 15.9. The molecule has 2 aromatic carbocycles. The summed E-state index contributed by atoms with van der Waals surface area (Å²) in [4.78, 5) is 21.7. The molecule has 0 N–H and O–H groups in total. The van der Waals surface area contributed by atoms with Crippen molar-refractivity contribution in [1.29, 1.82) is 0 Å². The Morgan fingerprint density at radius 2 is 1.58 bits per heavy atom. The molecule has 6 heteroatoms. The summed E-state index contributed by atoms with van der Waals surface area (Å²) >= 11 is 0. The maximum atomic E-state index is 12.1. The fourth-order valence-corrected chi connectivity index (χ4v) is 4.50. The molecule has 0 spiro atoms. The normalized spacial score (nSPS) is 15.4. The molecule has 0 bridgehead atoms. The number of fused-ring (bicyclic) bond motifs is 1. The first-order valence-corrected chi connectivity index (χ1v) is 11.5. The number of hydrogen-bond acceptors (Lipinski definition) is 6. The number of rotatable bonds is 5. The molecule has 1 fully saturated rings. The molecule has 0 aliphatic carbocycles. The van der Waals surface area contributed by atoms with Gasteiger partial charge in [0.15, 0.2) is 0 Å². The van der Waals surface area contributed by atoms with Crippen molar-refractivity contribution in [3.05, 3.63) is 87.1 Å². The molecule has 3 heterocycles. The molecule has 0 atom stereocenters. The molecule has 0 saturated carbocycles. The molecule has 2 aromatic heterocycles. The smallest absolute Gasteiger partial charge is 0.336 e. The van der Waals surface area contributed by atoms with Gasteiger partial charge in [-0.3, -0.25) is 9.80 Å². The molecule has 4 aromatic rings. The van der Waals surface area contributed by atoms with Crippen LogP contribution in [0.1, 0.15) is 28.1 Å². The van der Waals surface area contributed by atoms with E-state index in [1.54, 1.807) is 6.07 Å². The number of aromatic nitrogens is 1. The quantitative estimate of drug-likeness (QED) is 0.417. The third-order valence-electron chi connectivity index (χ3n) is 6.38. The number of benzene rings is 2. The van der Waals surface area contributed by atoms with E-state index in [0.29, 0.717) is 11.5 Å². The lowest BCUT2D eigenvalue weighted by molar-refractivity contribution is 0.121. The third-order valence-corrected chi connectivity index (χ3v) is 6.38. The Bertz CT molecular complexity index is 1350. The van der Waals surface area contributed by atoms with Crippen LogP contribution in [0, 0.1) is 20.8 Å². The molecule has 6 nitrogen and oxygen atoms in total. The summed E-state index contributed by atoms with van der Waals surface area (Å²) < 4.78 is 11.4. The highest BCUT2D eigenvalue weighted by Gasteiger charge is 2.21. The van der Waals surface area contributed by atoms with Crippen LogP contribution in [0.2, 0.25) is 0 Å². The first-order chi connectivity index (χ1) is 15.9. The van der Waals surface area contributed by atoms with Gasteiger partial charge in [-0.25, -0.2) is 9.78 Å². The van der Waals surface area contributed by atoms with Crippen LogP contribution in [0.4, 0.5) is 0 Å². The zero-order chi connectivity index (χ0) is 22.9. The van der Waals surface area contributed by atoms with Crippen molar-refractivity contribution in [2.24, 2.45) is 0 Å². The summed E-state index contributed by atoms with van der Waals surface area (Å²) in [6.45, 7) is 11.4. The van der Waals surface area contributed by atoms with Crippen molar-refractivity contribution in [2.75, 3.05) is 26.2 Å². The maximum absolute atomic E-state index is 12.1. The molecule has 33 heavy (non-hydrogen) atoms. The van der Waals surface area contributed by atoms with Gasteiger partial charge < -0.3 is 8.83 Å². The van der Waals surface area contributed by atoms with E-state index in [-0.39, 0.29) is 5.63 Å². The van der Waals surface area contributed by atoms with Crippen LogP contribution in [0.5, 0.6) is 0 Å². The summed E-state index contributed by atoms with van der Waals surface area (Å²) in [5, 5.41) is 1.02. The second-order valence-electron chi connectivity index (χ2n) is 9.03. The van der Waals surface area contributed by atoms with Crippen molar-refractivity contribution in [3.63, 3.8) is 0 Å². The molecule has 0 amide bonds. The molecule has 1 saturated heterocycles. The fourth-order valence-electron chi connectivity index (χ4n) is 4.50. The Kier molecular flexibility index (Phi) is 5.87. The Morgan fingerprint density at radius 1 is 0.848 bits per heavy atom. The van der Waals surface area contributed by atoms with Crippen LogP contribution in [-0.4, -0.2) is 41.0 Å². The van der Waals surface area contributed by atoms with Crippen LogP contribution in [0.3, 0.4) is 0 Å². The van der Waals surface area contributed by atoms with Gasteiger partial charge in [-0.05, 0) is 50.1 Å². The molecular formula is C27H29N3O3. The molecule has 170 valence electrons. The summed E-state index contributed by atoms with van der Waals surface area (Å²) in [5.41, 5.74) is 5.72. The van der Waals surface area contributed by atoms with E-state index in [1.807, 2.05) is 32.0 Å². The Morgan fingerprint density at radius 3 is 2.33 bits per heavy atom. The minimum atomic E-state index is -0.285. The second kappa shape index (κ2) is 8.96. The maximum Gasteiger partial charge on any atom is 0.336 e. The number of hydrogen-bond donors (Lipinski definition) is 0. The lowest BCUT2D eigenvalue weighted by Gasteiger charge is -2.34. The molecular weight excluding hydrogens is 414 g/mol. The third kappa shape index (κ3) is 4.77. The van der Waals surface area contributed by atoms with Crippen molar-refractivity contribution in [3.8, 4) is 11.5 Å².